The van der Waals surface area contributed by atoms with Crippen LogP contribution in [0.2, 0.25) is 0 Å². The van der Waals surface area contributed by atoms with Crippen molar-refractivity contribution in [2.75, 3.05) is 19.6 Å². The van der Waals surface area contributed by atoms with E-state index >= 15 is 0 Å². The molecule has 5 nitrogen and oxygen atoms in total. The predicted octanol–water partition coefficient (Wildman–Crippen LogP) is 3.11. The molecule has 2 N–H and O–H groups in total. The Balaban J connectivity index is 1.31. The molecule has 3 aliphatic rings. The van der Waals surface area contributed by atoms with Gasteiger partial charge in [0, 0.05) is 26.1 Å². The summed E-state index contributed by atoms with van der Waals surface area (Å²) in [7, 11) is 0. The van der Waals surface area contributed by atoms with Gasteiger partial charge < -0.3 is 15.3 Å². The summed E-state index contributed by atoms with van der Waals surface area (Å²) in [5.74, 6) is 2.31. The largest absolute Gasteiger partial charge is 0.383 e. The smallest absolute Gasteiger partial charge is 0.248 e. The maximum absolute atomic E-state index is 12.5. The molecule has 0 aromatic heterocycles. The van der Waals surface area contributed by atoms with Gasteiger partial charge in [0.1, 0.15) is 6.10 Å². The Labute approximate surface area is 164 Å². The van der Waals surface area contributed by atoms with Crippen LogP contribution < -0.4 is 5.32 Å². The Morgan fingerprint density at radius 2 is 1.78 bits per heavy atom. The van der Waals surface area contributed by atoms with E-state index in [0.717, 1.165) is 38.3 Å². The Kier molecular flexibility index (Phi) is 7.57. The fraction of sp³-hybridized carbons (Fsp3) is 0.909. The molecule has 2 amide bonds. The molecule has 2 atom stereocenters. The average Bonchev–Trinajstić information content (AvgIpc) is 3.12. The summed E-state index contributed by atoms with van der Waals surface area (Å²) in [6.45, 7) is 4.37. The van der Waals surface area contributed by atoms with Crippen LogP contribution in [0.5, 0.6) is 0 Å². The molecule has 5 heteroatoms. The maximum Gasteiger partial charge on any atom is 0.248 e. The van der Waals surface area contributed by atoms with Crippen LogP contribution in [0.4, 0.5) is 0 Å². The van der Waals surface area contributed by atoms with Crippen molar-refractivity contribution in [3.05, 3.63) is 0 Å². The second kappa shape index (κ2) is 9.90. The number of hydrogen-bond acceptors (Lipinski definition) is 3. The van der Waals surface area contributed by atoms with E-state index in [9.17, 15) is 14.7 Å². The molecule has 1 heterocycles. The van der Waals surface area contributed by atoms with Crippen LogP contribution in [0.15, 0.2) is 0 Å². The number of aliphatic hydroxyl groups excluding tert-OH is 1. The van der Waals surface area contributed by atoms with Crippen molar-refractivity contribution in [3.63, 3.8) is 0 Å². The number of carbonyl (C=O) groups excluding carboxylic acids is 2. The van der Waals surface area contributed by atoms with Gasteiger partial charge in [0.15, 0.2) is 0 Å². The number of nitrogens with one attached hydrogen (secondary N) is 1. The number of hydrogen-bond donors (Lipinski definition) is 2. The highest BCUT2D eigenvalue weighted by Gasteiger charge is 2.33. The molecule has 3 rings (SSSR count). The van der Waals surface area contributed by atoms with Crippen LogP contribution in [-0.2, 0) is 9.59 Å². The van der Waals surface area contributed by atoms with Crippen molar-refractivity contribution in [2.24, 2.45) is 23.7 Å². The highest BCUT2D eigenvalue weighted by molar-refractivity contribution is 5.80. The lowest BCUT2D eigenvalue weighted by molar-refractivity contribution is -0.132. The lowest BCUT2D eigenvalue weighted by Gasteiger charge is -2.35. The standard InChI is InChI=1S/C22H38N2O3/c1-2-16-10-19(11-16)13-21(26)24-9-8-18(15-24)14-23-22(27)20(25)12-17-6-4-3-5-7-17/h16-20,25H,2-15H2,1H3,(H,23,27)/t16?,18-,19?,20+/m0/s1. The summed E-state index contributed by atoms with van der Waals surface area (Å²) >= 11 is 0. The van der Waals surface area contributed by atoms with Crippen molar-refractivity contribution >= 4 is 11.8 Å². The topological polar surface area (TPSA) is 69.6 Å². The van der Waals surface area contributed by atoms with Crippen molar-refractivity contribution in [2.45, 2.75) is 83.7 Å². The van der Waals surface area contributed by atoms with Crippen molar-refractivity contribution < 1.29 is 14.7 Å². The van der Waals surface area contributed by atoms with Crippen molar-refractivity contribution in [1.29, 1.82) is 0 Å². The van der Waals surface area contributed by atoms with Gasteiger partial charge in [0.2, 0.25) is 11.8 Å². The third-order valence-corrected chi connectivity index (χ3v) is 7.16. The number of rotatable bonds is 8. The first-order valence-electron chi connectivity index (χ1n) is 11.3. The fourth-order valence-electron chi connectivity index (χ4n) is 5.18. The summed E-state index contributed by atoms with van der Waals surface area (Å²) in [4.78, 5) is 26.6. The van der Waals surface area contributed by atoms with Crippen LogP contribution in [0.1, 0.15) is 77.6 Å². The van der Waals surface area contributed by atoms with Gasteiger partial charge >= 0.3 is 0 Å². The monoisotopic (exact) mass is 378 g/mol. The van der Waals surface area contributed by atoms with Crippen molar-refractivity contribution in [1.82, 2.24) is 10.2 Å². The zero-order valence-corrected chi connectivity index (χ0v) is 17.0. The molecule has 0 unspecified atom stereocenters. The van der Waals surface area contributed by atoms with E-state index in [0.29, 0.717) is 43.0 Å². The van der Waals surface area contributed by atoms with Crippen LogP contribution in [0, 0.1) is 23.7 Å². The molecular formula is C22H38N2O3. The number of nitrogens with zero attached hydrogens (tertiary/aromatic N) is 1. The van der Waals surface area contributed by atoms with E-state index in [1.54, 1.807) is 0 Å². The molecule has 154 valence electrons. The number of carbonyl (C=O) groups is 2. The Bertz CT molecular complexity index is 498. The van der Waals surface area contributed by atoms with E-state index in [4.69, 9.17) is 0 Å². The predicted molar refractivity (Wildman–Crippen MR) is 106 cm³/mol. The summed E-state index contributed by atoms with van der Waals surface area (Å²) in [5, 5.41) is 13.1. The van der Waals surface area contributed by atoms with Crippen LogP contribution in [0.25, 0.3) is 0 Å². The Morgan fingerprint density at radius 1 is 1.04 bits per heavy atom. The first-order valence-corrected chi connectivity index (χ1v) is 11.3. The highest BCUT2D eigenvalue weighted by atomic mass is 16.3. The van der Waals surface area contributed by atoms with Gasteiger partial charge in [-0.05, 0) is 49.4 Å². The van der Waals surface area contributed by atoms with Gasteiger partial charge in [0.25, 0.3) is 0 Å². The van der Waals surface area contributed by atoms with Crippen LogP contribution in [-0.4, -0.2) is 47.6 Å². The minimum atomic E-state index is -0.877. The van der Waals surface area contributed by atoms with Crippen molar-refractivity contribution in [3.8, 4) is 0 Å². The van der Waals surface area contributed by atoms with E-state index < -0.39 is 6.10 Å². The number of likely N-dealkylation sites (tertiary alicyclic amines) is 1. The fourth-order valence-corrected chi connectivity index (χ4v) is 5.18. The molecule has 3 fully saturated rings. The van der Waals surface area contributed by atoms with E-state index in [1.165, 1.54) is 38.5 Å². The number of aliphatic hydroxyl groups is 1. The molecule has 0 spiro atoms. The van der Waals surface area contributed by atoms with Gasteiger partial charge in [-0.2, -0.15) is 0 Å². The van der Waals surface area contributed by atoms with Gasteiger partial charge in [-0.25, -0.2) is 0 Å². The maximum atomic E-state index is 12.5. The van der Waals surface area contributed by atoms with Crippen LogP contribution >= 0.6 is 0 Å². The third-order valence-electron chi connectivity index (χ3n) is 7.16. The Hall–Kier alpha value is -1.10. The molecule has 1 saturated heterocycles. The Morgan fingerprint density at radius 3 is 2.48 bits per heavy atom. The lowest BCUT2D eigenvalue weighted by atomic mass is 9.72. The summed E-state index contributed by atoms with van der Waals surface area (Å²) in [5.41, 5.74) is 0. The highest BCUT2D eigenvalue weighted by Crippen LogP contribution is 2.38. The summed E-state index contributed by atoms with van der Waals surface area (Å²) in [6.07, 6.45) is 11.1. The first-order chi connectivity index (χ1) is 13.0. The second-order valence-corrected chi connectivity index (χ2v) is 9.31. The number of amides is 2. The van der Waals surface area contributed by atoms with E-state index in [2.05, 4.69) is 12.2 Å². The van der Waals surface area contributed by atoms with Gasteiger partial charge in [-0.15, -0.1) is 0 Å². The molecule has 2 aliphatic carbocycles. The third kappa shape index (κ3) is 5.94. The molecule has 0 aromatic rings. The SMILES string of the molecule is CCC1CC(CC(=O)N2CC[C@@H](CNC(=O)[C@H](O)CC3CCCCC3)C2)C1. The second-order valence-electron chi connectivity index (χ2n) is 9.31. The van der Waals surface area contributed by atoms with E-state index in [-0.39, 0.29) is 5.91 Å². The van der Waals surface area contributed by atoms with Gasteiger partial charge in [-0.3, -0.25) is 9.59 Å². The first kappa shape index (κ1) is 20.6. The quantitative estimate of drug-likeness (QED) is 0.682. The van der Waals surface area contributed by atoms with Gasteiger partial charge in [-0.1, -0.05) is 45.4 Å². The minimum absolute atomic E-state index is 0.231. The molecule has 0 aromatic carbocycles. The molecule has 27 heavy (non-hydrogen) atoms. The van der Waals surface area contributed by atoms with Gasteiger partial charge in [0.05, 0.1) is 0 Å². The normalized spacial score (nSPS) is 30.0. The molecule has 1 aliphatic heterocycles. The molecular weight excluding hydrogens is 340 g/mol. The van der Waals surface area contributed by atoms with E-state index in [1.807, 2.05) is 4.90 Å². The zero-order valence-electron chi connectivity index (χ0n) is 17.0. The van der Waals surface area contributed by atoms with Crippen LogP contribution in [0.3, 0.4) is 0 Å². The summed E-state index contributed by atoms with van der Waals surface area (Å²) < 4.78 is 0. The molecule has 2 saturated carbocycles. The lowest BCUT2D eigenvalue weighted by Crippen LogP contribution is -2.39. The zero-order chi connectivity index (χ0) is 19.2. The molecule has 0 radical (unpaired) electrons. The minimum Gasteiger partial charge on any atom is -0.383 e. The summed E-state index contributed by atoms with van der Waals surface area (Å²) in [6, 6.07) is 0. The average molecular weight is 379 g/mol. The molecule has 0 bridgehead atoms.